The molecule has 3 N–H and O–H groups in total. The molecule has 0 atom stereocenters. The molecule has 122 valence electrons. The van der Waals surface area contributed by atoms with Crippen molar-refractivity contribution in [3.8, 4) is 11.5 Å². The Kier molecular flexibility index (Phi) is 2.56. The highest BCUT2D eigenvalue weighted by atomic mass is 16.2. The van der Waals surface area contributed by atoms with E-state index in [1.165, 1.54) is 24.1 Å². The summed E-state index contributed by atoms with van der Waals surface area (Å²) in [6.45, 7) is 3.88. The minimum absolute atomic E-state index is 0.0340. The smallest absolute Gasteiger partial charge is 0.234 e. The number of nitrogens with one attached hydrogen (secondary N) is 3. The first-order valence-corrected chi connectivity index (χ1v) is 8.46. The highest BCUT2D eigenvalue weighted by molar-refractivity contribution is 6.07. The van der Waals surface area contributed by atoms with Crippen molar-refractivity contribution in [2.45, 2.75) is 44.9 Å². The Hall–Kier alpha value is -2.63. The van der Waals surface area contributed by atoms with E-state index in [0.717, 1.165) is 46.6 Å². The molecule has 1 aliphatic heterocycles. The van der Waals surface area contributed by atoms with Crippen LogP contribution < -0.4 is 5.32 Å². The number of imidazole rings is 1. The largest absolute Gasteiger partial charge is 0.337 e. The maximum absolute atomic E-state index is 12.1. The average molecular weight is 321 g/mol. The molecule has 0 bridgehead atoms. The molecule has 2 aromatic heterocycles. The number of aromatic amines is 2. The first-order valence-electron chi connectivity index (χ1n) is 8.46. The van der Waals surface area contributed by atoms with E-state index >= 15 is 0 Å². The maximum atomic E-state index is 12.1. The van der Waals surface area contributed by atoms with Crippen LogP contribution in [0.3, 0.4) is 0 Å². The van der Waals surface area contributed by atoms with Crippen LogP contribution >= 0.6 is 0 Å². The normalized spacial score (nSPS) is 18.5. The Bertz CT molecular complexity index is 994. The van der Waals surface area contributed by atoms with E-state index < -0.39 is 5.41 Å². The van der Waals surface area contributed by atoms with E-state index in [4.69, 9.17) is 4.98 Å². The van der Waals surface area contributed by atoms with Gasteiger partial charge < -0.3 is 10.3 Å². The van der Waals surface area contributed by atoms with Gasteiger partial charge in [-0.15, -0.1) is 0 Å². The molecule has 5 rings (SSSR count). The molecular formula is C18H19N5O. The summed E-state index contributed by atoms with van der Waals surface area (Å²) in [6.07, 6.45) is 4.54. The van der Waals surface area contributed by atoms with Crippen LogP contribution in [0.2, 0.25) is 0 Å². The number of hydrogen-bond acceptors (Lipinski definition) is 3. The van der Waals surface area contributed by atoms with E-state index in [1.807, 2.05) is 26.0 Å². The number of H-pyrrole nitrogens is 2. The van der Waals surface area contributed by atoms with Gasteiger partial charge >= 0.3 is 0 Å². The van der Waals surface area contributed by atoms with Crippen molar-refractivity contribution < 1.29 is 4.79 Å². The van der Waals surface area contributed by atoms with E-state index in [2.05, 4.69) is 20.5 Å². The fourth-order valence-electron chi connectivity index (χ4n) is 3.87. The van der Waals surface area contributed by atoms with Crippen molar-refractivity contribution in [1.82, 2.24) is 20.2 Å². The lowest BCUT2D eigenvalue weighted by molar-refractivity contribution is -0.119. The SMILES string of the molecule is CC1(C)C(=O)Nc2cc3[nH]c(-c4n[nH]c5c4CCCC5)nc3cc21. The van der Waals surface area contributed by atoms with Crippen molar-refractivity contribution in [3.63, 3.8) is 0 Å². The number of benzene rings is 1. The van der Waals surface area contributed by atoms with Crippen LogP contribution in [0.1, 0.15) is 43.5 Å². The quantitative estimate of drug-likeness (QED) is 0.644. The maximum Gasteiger partial charge on any atom is 0.234 e. The molecule has 24 heavy (non-hydrogen) atoms. The topological polar surface area (TPSA) is 86.5 Å². The van der Waals surface area contributed by atoms with Gasteiger partial charge in [-0.1, -0.05) is 0 Å². The third kappa shape index (κ3) is 1.74. The van der Waals surface area contributed by atoms with Crippen LogP contribution in [0.25, 0.3) is 22.6 Å². The van der Waals surface area contributed by atoms with Gasteiger partial charge in [-0.05, 0) is 57.2 Å². The lowest BCUT2D eigenvalue weighted by Gasteiger charge is -2.14. The van der Waals surface area contributed by atoms with E-state index in [-0.39, 0.29) is 5.91 Å². The van der Waals surface area contributed by atoms with Crippen LogP contribution in [0.15, 0.2) is 12.1 Å². The van der Waals surface area contributed by atoms with Gasteiger partial charge in [0, 0.05) is 16.9 Å². The minimum atomic E-state index is -0.520. The molecule has 1 aliphatic carbocycles. The number of amides is 1. The second kappa shape index (κ2) is 4.47. The second-order valence-electron chi connectivity index (χ2n) is 7.32. The van der Waals surface area contributed by atoms with Gasteiger partial charge in [0.1, 0.15) is 5.69 Å². The number of aromatic nitrogens is 4. The fourth-order valence-corrected chi connectivity index (χ4v) is 3.87. The monoisotopic (exact) mass is 321 g/mol. The van der Waals surface area contributed by atoms with Crippen molar-refractivity contribution in [3.05, 3.63) is 29.0 Å². The molecule has 1 aromatic carbocycles. The molecule has 0 spiro atoms. The molecule has 0 fully saturated rings. The first kappa shape index (κ1) is 13.8. The summed E-state index contributed by atoms with van der Waals surface area (Å²) in [5.41, 5.74) is 6.63. The highest BCUT2D eigenvalue weighted by Crippen LogP contribution is 2.40. The summed E-state index contributed by atoms with van der Waals surface area (Å²) in [5, 5.41) is 10.6. The molecule has 1 amide bonds. The number of carbonyl (C=O) groups is 1. The van der Waals surface area contributed by atoms with Crippen LogP contribution in [-0.4, -0.2) is 26.1 Å². The van der Waals surface area contributed by atoms with Gasteiger partial charge in [0.15, 0.2) is 5.82 Å². The summed E-state index contributed by atoms with van der Waals surface area (Å²) >= 11 is 0. The first-order chi connectivity index (χ1) is 11.5. The molecule has 2 aliphatic rings. The van der Waals surface area contributed by atoms with Crippen molar-refractivity contribution in [2.24, 2.45) is 0 Å². The fraction of sp³-hybridized carbons (Fsp3) is 0.389. The van der Waals surface area contributed by atoms with E-state index in [1.54, 1.807) is 0 Å². The van der Waals surface area contributed by atoms with Crippen LogP contribution in [0, 0.1) is 0 Å². The van der Waals surface area contributed by atoms with Crippen LogP contribution in [0.5, 0.6) is 0 Å². The molecule has 0 radical (unpaired) electrons. The molecule has 0 unspecified atom stereocenters. The van der Waals surface area contributed by atoms with Crippen LogP contribution in [0.4, 0.5) is 5.69 Å². The van der Waals surface area contributed by atoms with Gasteiger partial charge in [0.2, 0.25) is 5.91 Å². The molecule has 0 saturated heterocycles. The summed E-state index contributed by atoms with van der Waals surface area (Å²) in [7, 11) is 0. The molecule has 3 heterocycles. The average Bonchev–Trinajstić information content (AvgIpc) is 3.21. The number of nitrogens with zero attached hydrogens (tertiary/aromatic N) is 2. The predicted octanol–water partition coefficient (Wildman–Crippen LogP) is 3.06. The zero-order chi connectivity index (χ0) is 16.5. The number of fused-ring (bicyclic) bond motifs is 3. The number of hydrogen-bond donors (Lipinski definition) is 3. The van der Waals surface area contributed by atoms with Gasteiger partial charge in [-0.25, -0.2) is 4.98 Å². The molecule has 6 heteroatoms. The Morgan fingerprint density at radius 1 is 1.17 bits per heavy atom. The zero-order valence-corrected chi connectivity index (χ0v) is 13.8. The standard InChI is InChI=1S/C18H19N5O/c1-18(2)10-7-13-14(8-12(10)21-17(18)24)20-16(19-13)15-9-5-3-4-6-11(9)22-23-15/h7-8H,3-6H2,1-2H3,(H,19,20)(H,21,24)(H,22,23). The summed E-state index contributed by atoms with van der Waals surface area (Å²) in [6, 6.07) is 3.99. The summed E-state index contributed by atoms with van der Waals surface area (Å²) in [5.74, 6) is 0.837. The number of rotatable bonds is 1. The number of aryl methyl sites for hydroxylation is 1. The predicted molar refractivity (Wildman–Crippen MR) is 92.0 cm³/mol. The Morgan fingerprint density at radius 2 is 2.00 bits per heavy atom. The summed E-state index contributed by atoms with van der Waals surface area (Å²) < 4.78 is 0. The van der Waals surface area contributed by atoms with Gasteiger partial charge in [-0.3, -0.25) is 9.89 Å². The number of carbonyl (C=O) groups excluding carboxylic acids is 1. The zero-order valence-electron chi connectivity index (χ0n) is 13.8. The molecular weight excluding hydrogens is 302 g/mol. The Balaban J connectivity index is 1.66. The Morgan fingerprint density at radius 3 is 2.88 bits per heavy atom. The molecule has 6 nitrogen and oxygen atoms in total. The third-order valence-corrected chi connectivity index (χ3v) is 5.39. The third-order valence-electron chi connectivity index (χ3n) is 5.39. The van der Waals surface area contributed by atoms with Crippen LogP contribution in [-0.2, 0) is 23.1 Å². The van der Waals surface area contributed by atoms with Crippen molar-refractivity contribution >= 4 is 22.6 Å². The lowest BCUT2D eigenvalue weighted by Crippen LogP contribution is -2.26. The number of anilines is 1. The highest BCUT2D eigenvalue weighted by Gasteiger charge is 2.38. The second-order valence-corrected chi connectivity index (χ2v) is 7.32. The van der Waals surface area contributed by atoms with Crippen molar-refractivity contribution in [2.75, 3.05) is 5.32 Å². The lowest BCUT2D eigenvalue weighted by atomic mass is 9.86. The van der Waals surface area contributed by atoms with Gasteiger partial charge in [-0.2, -0.15) is 5.10 Å². The minimum Gasteiger partial charge on any atom is -0.337 e. The van der Waals surface area contributed by atoms with E-state index in [0.29, 0.717) is 0 Å². The van der Waals surface area contributed by atoms with Gasteiger partial charge in [0.25, 0.3) is 0 Å². The molecule has 0 saturated carbocycles. The van der Waals surface area contributed by atoms with E-state index in [9.17, 15) is 4.79 Å². The molecule has 3 aromatic rings. The summed E-state index contributed by atoms with van der Waals surface area (Å²) in [4.78, 5) is 20.2. The van der Waals surface area contributed by atoms with Gasteiger partial charge in [0.05, 0.1) is 16.4 Å². The van der Waals surface area contributed by atoms with Crippen molar-refractivity contribution in [1.29, 1.82) is 0 Å². The Labute approximate surface area is 139 Å².